The molecular formula is C11H16N2O3S. The molecule has 2 N–H and O–H groups in total. The van der Waals surface area contributed by atoms with Crippen LogP contribution in [0.5, 0.6) is 0 Å². The third kappa shape index (κ3) is 3.26. The number of thiazole rings is 1. The first-order valence-electron chi connectivity index (χ1n) is 5.51. The lowest BCUT2D eigenvalue weighted by Crippen LogP contribution is -2.06. The zero-order valence-electron chi connectivity index (χ0n) is 10.1. The van der Waals surface area contributed by atoms with Gasteiger partial charge in [0.1, 0.15) is 4.88 Å². The van der Waals surface area contributed by atoms with Gasteiger partial charge >= 0.3 is 5.97 Å². The van der Waals surface area contributed by atoms with Crippen molar-refractivity contribution in [2.75, 3.05) is 5.32 Å². The van der Waals surface area contributed by atoms with Gasteiger partial charge in [0.2, 0.25) is 5.91 Å². The average Bonchev–Trinajstić information content (AvgIpc) is 2.63. The highest BCUT2D eigenvalue weighted by Gasteiger charge is 2.22. The van der Waals surface area contributed by atoms with E-state index in [1.165, 1.54) is 6.92 Å². The van der Waals surface area contributed by atoms with Gasteiger partial charge in [-0.05, 0) is 12.8 Å². The zero-order chi connectivity index (χ0) is 13.0. The highest BCUT2D eigenvalue weighted by molar-refractivity contribution is 7.17. The molecule has 1 aromatic rings. The van der Waals surface area contributed by atoms with Crippen molar-refractivity contribution in [2.45, 2.75) is 39.5 Å². The predicted octanol–water partition coefficient (Wildman–Crippen LogP) is 2.70. The van der Waals surface area contributed by atoms with Crippen LogP contribution in [0.2, 0.25) is 0 Å². The number of hydrogen-bond acceptors (Lipinski definition) is 4. The molecule has 0 radical (unpaired) electrons. The van der Waals surface area contributed by atoms with E-state index < -0.39 is 5.97 Å². The molecule has 94 valence electrons. The van der Waals surface area contributed by atoms with Gasteiger partial charge < -0.3 is 10.4 Å². The van der Waals surface area contributed by atoms with E-state index in [-0.39, 0.29) is 16.7 Å². The Bertz CT molecular complexity index is 424. The number of rotatable bonds is 5. The van der Waals surface area contributed by atoms with Gasteiger partial charge in [0.25, 0.3) is 0 Å². The van der Waals surface area contributed by atoms with Crippen molar-refractivity contribution in [3.63, 3.8) is 0 Å². The van der Waals surface area contributed by atoms with Crippen LogP contribution in [0, 0.1) is 0 Å². The Morgan fingerprint density at radius 2 is 2.00 bits per heavy atom. The van der Waals surface area contributed by atoms with E-state index in [2.05, 4.69) is 10.3 Å². The molecule has 0 fully saturated rings. The van der Waals surface area contributed by atoms with Gasteiger partial charge in [-0.2, -0.15) is 0 Å². The van der Waals surface area contributed by atoms with Crippen LogP contribution in [-0.4, -0.2) is 22.0 Å². The first-order valence-corrected chi connectivity index (χ1v) is 6.32. The molecule has 0 saturated heterocycles. The second-order valence-corrected chi connectivity index (χ2v) is 4.73. The standard InChI is InChI=1S/C11H16N2O3S/c1-4-7(5-2)8-9(10(15)16)17-11(13-8)12-6(3)14/h7H,4-5H2,1-3H3,(H,15,16)(H,12,13,14). The van der Waals surface area contributed by atoms with Crippen LogP contribution in [0.25, 0.3) is 0 Å². The van der Waals surface area contributed by atoms with E-state index in [4.69, 9.17) is 5.11 Å². The molecule has 0 aliphatic carbocycles. The summed E-state index contributed by atoms with van der Waals surface area (Å²) in [5, 5.41) is 12.0. The number of carbonyl (C=O) groups is 2. The third-order valence-corrected chi connectivity index (χ3v) is 3.48. The van der Waals surface area contributed by atoms with Crippen molar-refractivity contribution >= 4 is 28.3 Å². The van der Waals surface area contributed by atoms with Crippen LogP contribution in [0.3, 0.4) is 0 Å². The monoisotopic (exact) mass is 256 g/mol. The molecule has 1 heterocycles. The Hall–Kier alpha value is -1.43. The van der Waals surface area contributed by atoms with Gasteiger partial charge in [-0.1, -0.05) is 25.2 Å². The minimum atomic E-state index is -0.985. The highest BCUT2D eigenvalue weighted by atomic mass is 32.1. The Labute approximate surface area is 104 Å². The molecule has 5 nitrogen and oxygen atoms in total. The average molecular weight is 256 g/mol. The quantitative estimate of drug-likeness (QED) is 0.848. The summed E-state index contributed by atoms with van der Waals surface area (Å²) in [6, 6.07) is 0. The van der Waals surface area contributed by atoms with E-state index in [1.54, 1.807) is 0 Å². The van der Waals surface area contributed by atoms with Gasteiger partial charge in [0.15, 0.2) is 5.13 Å². The second kappa shape index (κ2) is 5.77. The van der Waals surface area contributed by atoms with E-state index >= 15 is 0 Å². The number of nitrogens with zero attached hydrogens (tertiary/aromatic N) is 1. The maximum atomic E-state index is 11.1. The summed E-state index contributed by atoms with van der Waals surface area (Å²) in [6.45, 7) is 5.37. The lowest BCUT2D eigenvalue weighted by molar-refractivity contribution is -0.114. The van der Waals surface area contributed by atoms with Gasteiger partial charge in [0.05, 0.1) is 5.69 Å². The molecule has 0 unspecified atom stereocenters. The second-order valence-electron chi connectivity index (χ2n) is 3.73. The summed E-state index contributed by atoms with van der Waals surface area (Å²) in [5.41, 5.74) is 0.580. The fourth-order valence-corrected chi connectivity index (χ4v) is 2.58. The van der Waals surface area contributed by atoms with Crippen molar-refractivity contribution in [1.29, 1.82) is 0 Å². The van der Waals surface area contributed by atoms with Crippen molar-refractivity contribution < 1.29 is 14.7 Å². The zero-order valence-corrected chi connectivity index (χ0v) is 10.9. The molecule has 17 heavy (non-hydrogen) atoms. The molecule has 0 saturated carbocycles. The molecule has 0 aromatic carbocycles. The minimum absolute atomic E-state index is 0.125. The summed E-state index contributed by atoms with van der Waals surface area (Å²) in [7, 11) is 0. The van der Waals surface area contributed by atoms with Crippen molar-refractivity contribution in [2.24, 2.45) is 0 Å². The first kappa shape index (κ1) is 13.6. The van der Waals surface area contributed by atoms with Gasteiger partial charge in [-0.25, -0.2) is 9.78 Å². The van der Waals surface area contributed by atoms with E-state index in [1.807, 2.05) is 13.8 Å². The molecular weight excluding hydrogens is 240 g/mol. The molecule has 1 rings (SSSR count). The molecule has 1 aromatic heterocycles. The van der Waals surface area contributed by atoms with E-state index in [9.17, 15) is 9.59 Å². The number of hydrogen-bond donors (Lipinski definition) is 2. The summed E-state index contributed by atoms with van der Waals surface area (Å²) in [6.07, 6.45) is 1.67. The van der Waals surface area contributed by atoms with Gasteiger partial charge in [-0.3, -0.25) is 4.79 Å². The van der Waals surface area contributed by atoms with Crippen LogP contribution in [0.4, 0.5) is 5.13 Å². The Morgan fingerprint density at radius 3 is 2.41 bits per heavy atom. The summed E-state index contributed by atoms with van der Waals surface area (Å²) < 4.78 is 0. The van der Waals surface area contributed by atoms with Crippen LogP contribution in [0.1, 0.15) is 54.9 Å². The van der Waals surface area contributed by atoms with Crippen molar-refractivity contribution in [1.82, 2.24) is 4.98 Å². The number of nitrogens with one attached hydrogen (secondary N) is 1. The molecule has 0 bridgehead atoms. The number of anilines is 1. The number of carboxylic acid groups (broad SMARTS) is 1. The molecule has 0 aliphatic heterocycles. The molecule has 1 amide bonds. The lowest BCUT2D eigenvalue weighted by atomic mass is 9.98. The maximum absolute atomic E-state index is 11.1. The lowest BCUT2D eigenvalue weighted by Gasteiger charge is -2.09. The topological polar surface area (TPSA) is 79.3 Å². The molecule has 0 aliphatic rings. The number of aromatic carboxylic acids is 1. The normalized spacial score (nSPS) is 10.6. The predicted molar refractivity (Wildman–Crippen MR) is 66.7 cm³/mol. The fourth-order valence-electron chi connectivity index (χ4n) is 1.64. The summed E-state index contributed by atoms with van der Waals surface area (Å²) in [5.74, 6) is -1.10. The number of carbonyl (C=O) groups excluding carboxylic acids is 1. The summed E-state index contributed by atoms with van der Waals surface area (Å²) >= 11 is 1.01. The Kier molecular flexibility index (Phi) is 4.62. The largest absolute Gasteiger partial charge is 0.477 e. The first-order chi connectivity index (χ1) is 7.99. The van der Waals surface area contributed by atoms with Crippen LogP contribution in [-0.2, 0) is 4.79 Å². The van der Waals surface area contributed by atoms with E-state index in [0.717, 1.165) is 24.2 Å². The summed E-state index contributed by atoms with van der Waals surface area (Å²) in [4.78, 5) is 26.5. The molecule has 0 atom stereocenters. The van der Waals surface area contributed by atoms with E-state index in [0.29, 0.717) is 10.8 Å². The Balaban J connectivity index is 3.12. The fraction of sp³-hybridized carbons (Fsp3) is 0.545. The SMILES string of the molecule is CCC(CC)c1nc(NC(C)=O)sc1C(=O)O. The van der Waals surface area contributed by atoms with Gasteiger partial charge in [0, 0.05) is 12.8 Å². The number of aromatic nitrogens is 1. The van der Waals surface area contributed by atoms with Crippen LogP contribution in [0.15, 0.2) is 0 Å². The smallest absolute Gasteiger partial charge is 0.347 e. The van der Waals surface area contributed by atoms with Gasteiger partial charge in [-0.15, -0.1) is 0 Å². The number of carboxylic acids is 1. The van der Waals surface area contributed by atoms with Crippen LogP contribution < -0.4 is 5.32 Å². The third-order valence-electron chi connectivity index (χ3n) is 2.50. The molecule has 6 heteroatoms. The maximum Gasteiger partial charge on any atom is 0.347 e. The minimum Gasteiger partial charge on any atom is -0.477 e. The highest BCUT2D eigenvalue weighted by Crippen LogP contribution is 2.32. The van der Waals surface area contributed by atoms with Crippen molar-refractivity contribution in [3.05, 3.63) is 10.6 Å². The molecule has 0 spiro atoms. The van der Waals surface area contributed by atoms with Crippen LogP contribution >= 0.6 is 11.3 Å². The number of amides is 1. The van der Waals surface area contributed by atoms with Crippen molar-refractivity contribution in [3.8, 4) is 0 Å². The Morgan fingerprint density at radius 1 is 1.41 bits per heavy atom.